The van der Waals surface area contributed by atoms with Crippen LogP contribution in [0.2, 0.25) is 0 Å². The standard InChI is InChI=1S/C12H12FN3O3S/c1-7-4-8(12(18)19-3)5-10(14-7)9-6-16(20-13)15(2)11(9)17/h4-6H,1-3H3. The number of aromatic nitrogens is 3. The third-order valence-corrected chi connectivity index (χ3v) is 3.27. The lowest BCUT2D eigenvalue weighted by molar-refractivity contribution is 0.0600. The zero-order valence-corrected chi connectivity index (χ0v) is 11.9. The fraction of sp³-hybridized carbons (Fsp3) is 0.250. The summed E-state index contributed by atoms with van der Waals surface area (Å²) in [7, 11) is 2.71. The number of rotatable bonds is 3. The number of carbonyl (C=O) groups excluding carboxylic acids is 1. The zero-order chi connectivity index (χ0) is 14.9. The highest BCUT2D eigenvalue weighted by molar-refractivity contribution is 7.92. The van der Waals surface area contributed by atoms with Crippen molar-refractivity contribution in [2.45, 2.75) is 6.92 Å². The Morgan fingerprint density at radius 3 is 2.70 bits per heavy atom. The molecule has 2 aromatic rings. The molecule has 20 heavy (non-hydrogen) atoms. The Morgan fingerprint density at radius 1 is 1.45 bits per heavy atom. The van der Waals surface area contributed by atoms with Gasteiger partial charge in [0, 0.05) is 12.7 Å². The first-order valence-corrected chi connectivity index (χ1v) is 6.30. The first kappa shape index (κ1) is 14.3. The van der Waals surface area contributed by atoms with Gasteiger partial charge in [-0.3, -0.25) is 9.78 Å². The van der Waals surface area contributed by atoms with Crippen molar-refractivity contribution in [3.8, 4) is 11.3 Å². The van der Waals surface area contributed by atoms with Gasteiger partial charge in [0.05, 0.1) is 30.1 Å². The van der Waals surface area contributed by atoms with Crippen molar-refractivity contribution >= 4 is 18.3 Å². The second-order valence-electron chi connectivity index (χ2n) is 4.12. The number of halogens is 1. The average Bonchev–Trinajstić information content (AvgIpc) is 2.73. The minimum absolute atomic E-state index is 0.0955. The molecule has 6 nitrogen and oxygen atoms in total. The van der Waals surface area contributed by atoms with Crippen molar-refractivity contribution in [1.29, 1.82) is 0 Å². The number of esters is 1. The molecule has 0 aromatic carbocycles. The lowest BCUT2D eigenvalue weighted by Gasteiger charge is -2.03. The van der Waals surface area contributed by atoms with Crippen LogP contribution in [0.15, 0.2) is 23.1 Å². The molecular formula is C12H12FN3O3S. The molecule has 0 fully saturated rings. The van der Waals surface area contributed by atoms with Crippen LogP contribution >= 0.6 is 12.3 Å². The number of hydrogen-bond donors (Lipinski definition) is 0. The monoisotopic (exact) mass is 297 g/mol. The molecule has 0 aliphatic carbocycles. The maximum Gasteiger partial charge on any atom is 0.337 e. The van der Waals surface area contributed by atoms with Crippen molar-refractivity contribution in [3.63, 3.8) is 0 Å². The Hall–Kier alpha value is -2.09. The molecule has 0 saturated carbocycles. The van der Waals surface area contributed by atoms with Gasteiger partial charge in [-0.2, -0.15) is 0 Å². The van der Waals surface area contributed by atoms with Crippen LogP contribution in [0.1, 0.15) is 16.1 Å². The fourth-order valence-corrected chi connectivity index (χ4v) is 2.11. The van der Waals surface area contributed by atoms with Crippen molar-refractivity contribution < 1.29 is 13.4 Å². The first-order valence-electron chi connectivity index (χ1n) is 5.63. The van der Waals surface area contributed by atoms with Gasteiger partial charge in [-0.1, -0.05) is 0 Å². The molecule has 0 bridgehead atoms. The lowest BCUT2D eigenvalue weighted by atomic mass is 10.1. The summed E-state index contributed by atoms with van der Waals surface area (Å²) in [6.07, 6.45) is 1.33. The minimum atomic E-state index is -0.520. The number of pyridine rings is 1. The molecule has 0 aliphatic heterocycles. The SMILES string of the molecule is COC(=O)c1cc(C)nc(-c2cn(SF)n(C)c2=O)c1. The van der Waals surface area contributed by atoms with Crippen LogP contribution in [0, 0.1) is 6.92 Å². The highest BCUT2D eigenvalue weighted by atomic mass is 32.2. The van der Waals surface area contributed by atoms with Gasteiger partial charge in [-0.15, -0.1) is 3.89 Å². The summed E-state index contributed by atoms with van der Waals surface area (Å²) in [5.74, 6) is -0.520. The Morgan fingerprint density at radius 2 is 2.15 bits per heavy atom. The van der Waals surface area contributed by atoms with E-state index in [4.69, 9.17) is 0 Å². The summed E-state index contributed by atoms with van der Waals surface area (Å²) >= 11 is -0.0955. The van der Waals surface area contributed by atoms with Crippen LogP contribution in [0.25, 0.3) is 11.3 Å². The number of nitrogens with zero attached hydrogens (tertiary/aromatic N) is 3. The second-order valence-corrected chi connectivity index (χ2v) is 4.63. The molecule has 0 amide bonds. The number of aryl methyl sites for hydroxylation is 1. The smallest absolute Gasteiger partial charge is 0.337 e. The predicted molar refractivity (Wildman–Crippen MR) is 73.1 cm³/mol. The number of ether oxygens (including phenoxy) is 1. The molecule has 0 saturated heterocycles. The molecule has 2 heterocycles. The van der Waals surface area contributed by atoms with Crippen molar-refractivity contribution in [3.05, 3.63) is 39.9 Å². The van der Waals surface area contributed by atoms with E-state index in [0.29, 0.717) is 11.4 Å². The number of methoxy groups -OCH3 is 1. The van der Waals surface area contributed by atoms with Crippen LogP contribution in [-0.2, 0) is 11.8 Å². The maximum atomic E-state index is 12.7. The summed E-state index contributed by atoms with van der Waals surface area (Å²) in [6, 6.07) is 3.00. The molecule has 2 rings (SSSR count). The summed E-state index contributed by atoms with van der Waals surface area (Å²) in [5, 5.41) is 0. The predicted octanol–water partition coefficient (Wildman–Crippen LogP) is 1.72. The second kappa shape index (κ2) is 5.49. The maximum absolute atomic E-state index is 12.7. The van der Waals surface area contributed by atoms with Crippen molar-refractivity contribution in [1.82, 2.24) is 13.8 Å². The van der Waals surface area contributed by atoms with E-state index in [9.17, 15) is 13.5 Å². The average molecular weight is 297 g/mol. The van der Waals surface area contributed by atoms with E-state index >= 15 is 0 Å². The molecule has 0 unspecified atom stereocenters. The zero-order valence-electron chi connectivity index (χ0n) is 11.1. The van der Waals surface area contributed by atoms with E-state index in [1.165, 1.54) is 26.4 Å². The summed E-state index contributed by atoms with van der Waals surface area (Å²) < 4.78 is 19.5. The van der Waals surface area contributed by atoms with Gasteiger partial charge in [-0.25, -0.2) is 13.6 Å². The quantitative estimate of drug-likeness (QED) is 0.807. The molecule has 0 N–H and O–H groups in total. The fourth-order valence-electron chi connectivity index (χ4n) is 1.80. The van der Waals surface area contributed by atoms with Gasteiger partial charge in [-0.05, 0) is 19.1 Å². The van der Waals surface area contributed by atoms with E-state index in [1.54, 1.807) is 13.0 Å². The van der Waals surface area contributed by atoms with Crippen LogP contribution in [0.3, 0.4) is 0 Å². The number of carbonyl (C=O) groups is 1. The highest BCUT2D eigenvalue weighted by Gasteiger charge is 2.15. The van der Waals surface area contributed by atoms with Crippen molar-refractivity contribution in [2.75, 3.05) is 7.11 Å². The topological polar surface area (TPSA) is 66.1 Å². The van der Waals surface area contributed by atoms with Gasteiger partial charge >= 0.3 is 5.97 Å². The van der Waals surface area contributed by atoms with E-state index in [1.807, 2.05) is 0 Å². The molecular weight excluding hydrogens is 285 g/mol. The Balaban J connectivity index is 2.61. The molecule has 106 valence electrons. The van der Waals surface area contributed by atoms with Crippen LogP contribution in [0.5, 0.6) is 0 Å². The van der Waals surface area contributed by atoms with Gasteiger partial charge < -0.3 is 4.74 Å². The van der Waals surface area contributed by atoms with Crippen LogP contribution in [0.4, 0.5) is 3.89 Å². The molecule has 8 heteroatoms. The third kappa shape index (κ3) is 2.46. The van der Waals surface area contributed by atoms with Gasteiger partial charge in [0.15, 0.2) is 12.3 Å². The highest BCUT2D eigenvalue weighted by Crippen LogP contribution is 2.19. The van der Waals surface area contributed by atoms with E-state index in [0.717, 1.165) is 8.77 Å². The van der Waals surface area contributed by atoms with E-state index < -0.39 is 11.5 Å². The Bertz CT molecular complexity index is 723. The Kier molecular flexibility index (Phi) is 3.93. The molecule has 0 aliphatic rings. The van der Waals surface area contributed by atoms with Crippen molar-refractivity contribution in [2.24, 2.45) is 7.05 Å². The molecule has 0 spiro atoms. The Labute approximate surface area is 118 Å². The number of hydrogen-bond acceptors (Lipinski definition) is 5. The van der Waals surface area contributed by atoms with Crippen LogP contribution in [-0.4, -0.2) is 26.8 Å². The van der Waals surface area contributed by atoms with Gasteiger partial charge in [0.2, 0.25) is 0 Å². The summed E-state index contributed by atoms with van der Waals surface area (Å²) in [4.78, 5) is 27.8. The summed E-state index contributed by atoms with van der Waals surface area (Å²) in [6.45, 7) is 1.70. The van der Waals surface area contributed by atoms with E-state index in [-0.39, 0.29) is 23.5 Å². The van der Waals surface area contributed by atoms with Crippen LogP contribution < -0.4 is 5.56 Å². The normalized spacial score (nSPS) is 10.6. The largest absolute Gasteiger partial charge is 0.465 e. The minimum Gasteiger partial charge on any atom is -0.465 e. The summed E-state index contributed by atoms with van der Waals surface area (Å²) in [5.41, 5.74) is 0.970. The molecule has 2 aromatic heterocycles. The van der Waals surface area contributed by atoms with E-state index in [2.05, 4.69) is 9.72 Å². The first-order chi connectivity index (χ1) is 9.47. The van der Waals surface area contributed by atoms with Gasteiger partial charge in [0.25, 0.3) is 5.56 Å². The molecule has 0 radical (unpaired) electrons. The van der Waals surface area contributed by atoms with Gasteiger partial charge in [0.1, 0.15) is 0 Å². The molecule has 0 atom stereocenters. The lowest BCUT2D eigenvalue weighted by Crippen LogP contribution is -2.17. The third-order valence-electron chi connectivity index (χ3n) is 2.78.